The summed E-state index contributed by atoms with van der Waals surface area (Å²) in [6.07, 6.45) is 10.8. The zero-order valence-electron chi connectivity index (χ0n) is 16.3. The van der Waals surface area contributed by atoms with E-state index < -0.39 is 0 Å². The maximum Gasteiger partial charge on any atom is 0.183 e. The molecule has 2 saturated heterocycles. The SMILES string of the molecule is c1cnc(-c2nc(N3CCOC4(CCOC4)C3)c3c4c(sc3n2)CCCC4)cn1. The lowest BCUT2D eigenvalue weighted by Crippen LogP contribution is -2.52. The standard InChI is InChI=1S/C21H23N5O2S/c1-2-4-16-14(3-1)17-19(26-8-10-28-21(12-26)5-9-27-13-21)24-18(25-20(17)29-16)15-11-22-6-7-23-15/h6-7,11H,1-5,8-10,12-13H2. The van der Waals surface area contributed by atoms with Crippen LogP contribution in [0, 0.1) is 0 Å². The van der Waals surface area contributed by atoms with Gasteiger partial charge in [0.15, 0.2) is 5.82 Å². The third-order valence-corrected chi connectivity index (χ3v) is 7.39. The Bertz CT molecular complexity index is 1050. The summed E-state index contributed by atoms with van der Waals surface area (Å²) in [5.41, 5.74) is 1.97. The van der Waals surface area contributed by atoms with Gasteiger partial charge in [-0.15, -0.1) is 11.3 Å². The van der Waals surface area contributed by atoms with Gasteiger partial charge in [-0.25, -0.2) is 15.0 Å². The predicted molar refractivity (Wildman–Crippen MR) is 111 cm³/mol. The van der Waals surface area contributed by atoms with Crippen LogP contribution < -0.4 is 4.90 Å². The summed E-state index contributed by atoms with van der Waals surface area (Å²) in [5, 5.41) is 1.24. The Hall–Kier alpha value is -2.16. The highest BCUT2D eigenvalue weighted by Gasteiger charge is 2.41. The van der Waals surface area contributed by atoms with Crippen LogP contribution in [0.3, 0.4) is 0 Å². The number of anilines is 1. The minimum Gasteiger partial charge on any atom is -0.378 e. The lowest BCUT2D eigenvalue weighted by atomic mass is 9.96. The van der Waals surface area contributed by atoms with Gasteiger partial charge in [0.25, 0.3) is 0 Å². The van der Waals surface area contributed by atoms with Crippen LogP contribution in [0.5, 0.6) is 0 Å². The summed E-state index contributed by atoms with van der Waals surface area (Å²) < 4.78 is 11.8. The third kappa shape index (κ3) is 3.01. The Labute approximate surface area is 173 Å². The van der Waals surface area contributed by atoms with Gasteiger partial charge in [-0.3, -0.25) is 4.98 Å². The van der Waals surface area contributed by atoms with Crippen molar-refractivity contribution in [2.24, 2.45) is 0 Å². The van der Waals surface area contributed by atoms with Gasteiger partial charge in [0.2, 0.25) is 0 Å². The van der Waals surface area contributed by atoms with Crippen molar-refractivity contribution in [2.45, 2.75) is 37.7 Å². The van der Waals surface area contributed by atoms with E-state index >= 15 is 0 Å². The first kappa shape index (κ1) is 17.7. The first-order valence-electron chi connectivity index (χ1n) is 10.4. The second-order valence-electron chi connectivity index (χ2n) is 8.11. The van der Waals surface area contributed by atoms with Gasteiger partial charge >= 0.3 is 0 Å². The highest BCUT2D eigenvalue weighted by atomic mass is 32.1. The normalized spacial score (nSPS) is 24.3. The van der Waals surface area contributed by atoms with Crippen molar-refractivity contribution in [3.8, 4) is 11.5 Å². The second-order valence-corrected chi connectivity index (χ2v) is 9.19. The van der Waals surface area contributed by atoms with Crippen LogP contribution in [0.1, 0.15) is 29.7 Å². The molecule has 150 valence electrons. The summed E-state index contributed by atoms with van der Waals surface area (Å²) in [6, 6.07) is 0. The fourth-order valence-corrected chi connectivity index (χ4v) is 6.00. The molecule has 6 rings (SSSR count). The molecule has 0 aromatic carbocycles. The molecule has 3 aliphatic rings. The second kappa shape index (κ2) is 6.97. The average Bonchev–Trinajstić information content (AvgIpc) is 3.38. The van der Waals surface area contributed by atoms with Crippen LogP contribution in [0.4, 0.5) is 5.82 Å². The van der Waals surface area contributed by atoms with Crippen molar-refractivity contribution in [2.75, 3.05) is 37.8 Å². The van der Waals surface area contributed by atoms with E-state index in [9.17, 15) is 0 Å². The van der Waals surface area contributed by atoms with E-state index in [1.807, 2.05) is 11.3 Å². The van der Waals surface area contributed by atoms with Crippen LogP contribution in [0.25, 0.3) is 21.7 Å². The Balaban J connectivity index is 1.52. The van der Waals surface area contributed by atoms with Crippen LogP contribution in [-0.4, -0.2) is 58.4 Å². The number of fused-ring (bicyclic) bond motifs is 3. The number of morpholine rings is 1. The zero-order chi connectivity index (χ0) is 19.3. The topological polar surface area (TPSA) is 73.3 Å². The molecule has 3 aromatic heterocycles. The zero-order valence-corrected chi connectivity index (χ0v) is 17.1. The van der Waals surface area contributed by atoms with Gasteiger partial charge < -0.3 is 14.4 Å². The fraction of sp³-hybridized carbons (Fsp3) is 0.524. The van der Waals surface area contributed by atoms with E-state index in [-0.39, 0.29) is 5.60 Å². The molecule has 0 radical (unpaired) electrons. The molecule has 0 amide bonds. The molecule has 7 nitrogen and oxygen atoms in total. The van der Waals surface area contributed by atoms with Crippen LogP contribution in [0.2, 0.25) is 0 Å². The quantitative estimate of drug-likeness (QED) is 0.644. The van der Waals surface area contributed by atoms with Crippen molar-refractivity contribution in [3.05, 3.63) is 29.0 Å². The average molecular weight is 410 g/mol. The third-order valence-electron chi connectivity index (χ3n) is 6.20. The Morgan fingerprint density at radius 1 is 1.10 bits per heavy atom. The van der Waals surface area contributed by atoms with E-state index in [2.05, 4.69) is 14.9 Å². The van der Waals surface area contributed by atoms with E-state index in [1.54, 1.807) is 18.6 Å². The van der Waals surface area contributed by atoms with E-state index in [4.69, 9.17) is 19.4 Å². The molecule has 2 fully saturated rings. The highest BCUT2D eigenvalue weighted by molar-refractivity contribution is 7.19. The van der Waals surface area contributed by atoms with Crippen molar-refractivity contribution < 1.29 is 9.47 Å². The molecule has 1 atom stereocenters. The number of hydrogen-bond donors (Lipinski definition) is 0. The molecular formula is C21H23N5O2S. The molecule has 29 heavy (non-hydrogen) atoms. The lowest BCUT2D eigenvalue weighted by molar-refractivity contribution is -0.0580. The van der Waals surface area contributed by atoms with Crippen molar-refractivity contribution in [3.63, 3.8) is 0 Å². The number of hydrogen-bond acceptors (Lipinski definition) is 8. The number of thiophene rings is 1. The van der Waals surface area contributed by atoms with Gasteiger partial charge in [-0.05, 0) is 31.2 Å². The predicted octanol–water partition coefficient (Wildman–Crippen LogP) is 3.02. The number of aromatic nitrogens is 4. The van der Waals surface area contributed by atoms with Crippen molar-refractivity contribution >= 4 is 27.4 Å². The smallest absolute Gasteiger partial charge is 0.183 e. The minimum atomic E-state index is -0.210. The van der Waals surface area contributed by atoms with Gasteiger partial charge in [0.05, 0.1) is 31.3 Å². The maximum absolute atomic E-state index is 6.17. The lowest BCUT2D eigenvalue weighted by Gasteiger charge is -2.40. The molecule has 0 N–H and O–H groups in total. The molecule has 1 aliphatic carbocycles. The first-order chi connectivity index (χ1) is 14.3. The van der Waals surface area contributed by atoms with Crippen LogP contribution in [-0.2, 0) is 22.3 Å². The number of aryl methyl sites for hydroxylation is 2. The van der Waals surface area contributed by atoms with E-state index in [0.29, 0.717) is 24.7 Å². The summed E-state index contributed by atoms with van der Waals surface area (Å²) in [4.78, 5) is 23.6. The van der Waals surface area contributed by atoms with Crippen molar-refractivity contribution in [1.82, 2.24) is 19.9 Å². The summed E-state index contributed by atoms with van der Waals surface area (Å²) in [6.45, 7) is 3.77. The molecule has 2 aliphatic heterocycles. The Kier molecular flexibility index (Phi) is 4.25. The molecule has 1 unspecified atom stereocenters. The molecule has 3 aromatic rings. The fourth-order valence-electron chi connectivity index (χ4n) is 4.75. The summed E-state index contributed by atoms with van der Waals surface area (Å²) in [5.74, 6) is 1.69. The monoisotopic (exact) mass is 409 g/mol. The molecule has 8 heteroatoms. The molecule has 0 bridgehead atoms. The van der Waals surface area contributed by atoms with Gasteiger partial charge in [0.1, 0.15) is 21.9 Å². The highest BCUT2D eigenvalue weighted by Crippen LogP contribution is 2.42. The number of ether oxygens (including phenoxy) is 2. The van der Waals surface area contributed by atoms with Crippen LogP contribution >= 0.6 is 11.3 Å². The molecule has 1 spiro atoms. The van der Waals surface area contributed by atoms with E-state index in [1.165, 1.54) is 28.7 Å². The van der Waals surface area contributed by atoms with Crippen LogP contribution in [0.15, 0.2) is 18.6 Å². The largest absolute Gasteiger partial charge is 0.378 e. The molecular weight excluding hydrogens is 386 g/mol. The first-order valence-corrected chi connectivity index (χ1v) is 11.2. The Morgan fingerprint density at radius 3 is 2.93 bits per heavy atom. The van der Waals surface area contributed by atoms with E-state index in [0.717, 1.165) is 49.6 Å². The number of rotatable bonds is 2. The van der Waals surface area contributed by atoms with Gasteiger partial charge in [-0.1, -0.05) is 0 Å². The van der Waals surface area contributed by atoms with Gasteiger partial charge in [0, 0.05) is 36.8 Å². The minimum absolute atomic E-state index is 0.210. The van der Waals surface area contributed by atoms with Gasteiger partial charge in [-0.2, -0.15) is 0 Å². The number of nitrogens with zero attached hydrogens (tertiary/aromatic N) is 5. The molecule has 5 heterocycles. The maximum atomic E-state index is 6.17. The summed E-state index contributed by atoms with van der Waals surface area (Å²) in [7, 11) is 0. The summed E-state index contributed by atoms with van der Waals surface area (Å²) >= 11 is 1.83. The Morgan fingerprint density at radius 2 is 2.07 bits per heavy atom. The molecule has 0 saturated carbocycles. The van der Waals surface area contributed by atoms with Crippen molar-refractivity contribution in [1.29, 1.82) is 0 Å².